The zero-order valence-corrected chi connectivity index (χ0v) is 6.49. The van der Waals surface area contributed by atoms with Crippen molar-refractivity contribution in [3.63, 3.8) is 0 Å². The Morgan fingerprint density at radius 1 is 1.42 bits per heavy atom. The van der Waals surface area contributed by atoms with Gasteiger partial charge in [0.25, 0.3) is 5.91 Å². The number of hydrogen-bond acceptors (Lipinski definition) is 3. The van der Waals surface area contributed by atoms with Gasteiger partial charge in [-0.2, -0.15) is 0 Å². The van der Waals surface area contributed by atoms with Crippen molar-refractivity contribution >= 4 is 0 Å². The van der Waals surface area contributed by atoms with Crippen molar-refractivity contribution in [2.75, 3.05) is 0 Å². The summed E-state index contributed by atoms with van der Waals surface area (Å²) in [6, 6.07) is 7.89. The maximum Gasteiger partial charge on any atom is 0.296 e. The Balaban J connectivity index is 2.06. The van der Waals surface area contributed by atoms with Gasteiger partial charge < -0.3 is 9.47 Å². The van der Waals surface area contributed by atoms with Gasteiger partial charge in [-0.05, 0) is 11.6 Å². The van der Waals surface area contributed by atoms with Crippen molar-refractivity contribution in [2.24, 2.45) is 5.73 Å². The second kappa shape index (κ2) is 1.81. The van der Waals surface area contributed by atoms with E-state index in [4.69, 9.17) is 15.2 Å². The second-order valence-electron chi connectivity index (χ2n) is 3.24. The van der Waals surface area contributed by atoms with E-state index in [1.165, 1.54) is 5.56 Å². The van der Waals surface area contributed by atoms with E-state index in [0.29, 0.717) is 0 Å². The molecular formula is C9H9NO2. The number of benzene rings is 1. The number of rotatable bonds is 0. The van der Waals surface area contributed by atoms with Gasteiger partial charge in [-0.3, -0.25) is 5.73 Å². The van der Waals surface area contributed by atoms with Crippen LogP contribution in [0.15, 0.2) is 24.3 Å². The summed E-state index contributed by atoms with van der Waals surface area (Å²) >= 11 is 0. The Hall–Kier alpha value is -1.06. The van der Waals surface area contributed by atoms with Crippen LogP contribution < -0.4 is 10.5 Å². The first-order chi connectivity index (χ1) is 5.78. The molecule has 3 heteroatoms. The molecule has 2 unspecified atom stereocenters. The summed E-state index contributed by atoms with van der Waals surface area (Å²) < 4.78 is 10.7. The quantitative estimate of drug-likeness (QED) is 0.571. The molecule has 0 saturated carbocycles. The molecule has 2 heterocycles. The lowest BCUT2D eigenvalue weighted by molar-refractivity contribution is 0.0670. The van der Waals surface area contributed by atoms with Crippen molar-refractivity contribution < 1.29 is 9.47 Å². The number of nitrogens with two attached hydrogens (primary N) is 1. The molecule has 0 amide bonds. The van der Waals surface area contributed by atoms with E-state index >= 15 is 0 Å². The van der Waals surface area contributed by atoms with E-state index in [1.807, 2.05) is 24.3 Å². The van der Waals surface area contributed by atoms with Crippen LogP contribution in [-0.2, 0) is 11.2 Å². The molecule has 12 heavy (non-hydrogen) atoms. The summed E-state index contributed by atoms with van der Waals surface area (Å²) in [5.41, 5.74) is 6.90. The molecule has 0 aliphatic carbocycles. The minimum absolute atomic E-state index is 0.0624. The highest BCUT2D eigenvalue weighted by Crippen LogP contribution is 2.42. The maximum absolute atomic E-state index is 5.72. The van der Waals surface area contributed by atoms with Gasteiger partial charge in [-0.15, -0.1) is 0 Å². The average molecular weight is 163 g/mol. The average Bonchev–Trinajstić information content (AvgIpc) is 2.70. The first kappa shape index (κ1) is 6.46. The lowest BCUT2D eigenvalue weighted by Crippen LogP contribution is -2.37. The molecular weight excluding hydrogens is 154 g/mol. The topological polar surface area (TPSA) is 47.8 Å². The summed E-state index contributed by atoms with van der Waals surface area (Å²) in [5, 5.41) is 0. The van der Waals surface area contributed by atoms with Crippen LogP contribution in [0, 0.1) is 0 Å². The lowest BCUT2D eigenvalue weighted by atomic mass is 10.1. The number of ether oxygens (including phenoxy) is 2. The Kier molecular flexibility index (Phi) is 0.975. The fourth-order valence-electron chi connectivity index (χ4n) is 1.61. The van der Waals surface area contributed by atoms with E-state index in [0.717, 1.165) is 12.2 Å². The predicted octanol–water partition coefficient (Wildman–Crippen LogP) is 0.633. The monoisotopic (exact) mass is 163 g/mol. The minimum Gasteiger partial charge on any atom is -0.446 e. The fraction of sp³-hybridized carbons (Fsp3) is 0.333. The number of epoxide rings is 1. The van der Waals surface area contributed by atoms with E-state index in [9.17, 15) is 0 Å². The maximum atomic E-state index is 5.72. The third-order valence-electron chi connectivity index (χ3n) is 2.37. The van der Waals surface area contributed by atoms with Gasteiger partial charge in [0.15, 0.2) is 0 Å². The standard InChI is InChI=1S/C9H9NO2/c10-9-8(12-9)5-6-3-1-2-4-7(6)11-9/h1-4,8H,5,10H2. The molecule has 1 fully saturated rings. The summed E-state index contributed by atoms with van der Waals surface area (Å²) in [5.74, 6) is 0.0442. The fourth-order valence-corrected chi connectivity index (χ4v) is 1.61. The van der Waals surface area contributed by atoms with Crippen LogP contribution in [0.3, 0.4) is 0 Å². The molecule has 0 spiro atoms. The molecule has 2 N–H and O–H groups in total. The highest BCUT2D eigenvalue weighted by molar-refractivity contribution is 5.38. The number of fused-ring (bicyclic) bond motifs is 2. The van der Waals surface area contributed by atoms with Gasteiger partial charge in [0.1, 0.15) is 11.9 Å². The summed E-state index contributed by atoms with van der Waals surface area (Å²) in [7, 11) is 0. The highest BCUT2D eigenvalue weighted by atomic mass is 16.8. The van der Waals surface area contributed by atoms with Gasteiger partial charge in [-0.1, -0.05) is 18.2 Å². The summed E-state index contributed by atoms with van der Waals surface area (Å²) in [6.07, 6.45) is 0.930. The van der Waals surface area contributed by atoms with E-state index in [2.05, 4.69) is 0 Å². The third kappa shape index (κ3) is 0.722. The molecule has 2 atom stereocenters. The van der Waals surface area contributed by atoms with Crippen LogP contribution in [0.1, 0.15) is 5.56 Å². The summed E-state index contributed by atoms with van der Waals surface area (Å²) in [4.78, 5) is 0. The molecule has 1 aromatic carbocycles. The SMILES string of the molecule is NC12Oc3ccccc3CC1O2. The first-order valence-electron chi connectivity index (χ1n) is 4.01. The van der Waals surface area contributed by atoms with E-state index < -0.39 is 5.91 Å². The Labute approximate surface area is 70.1 Å². The molecule has 0 aromatic heterocycles. The van der Waals surface area contributed by atoms with Crippen LogP contribution >= 0.6 is 0 Å². The van der Waals surface area contributed by atoms with Crippen molar-refractivity contribution in [1.82, 2.24) is 0 Å². The molecule has 2 aliphatic heterocycles. The Bertz CT molecular complexity index is 339. The summed E-state index contributed by atoms with van der Waals surface area (Å²) in [6.45, 7) is 0. The zero-order chi connectivity index (χ0) is 8.18. The Morgan fingerprint density at radius 3 is 3.17 bits per heavy atom. The van der Waals surface area contributed by atoms with Crippen molar-refractivity contribution in [2.45, 2.75) is 18.4 Å². The second-order valence-corrected chi connectivity index (χ2v) is 3.24. The van der Waals surface area contributed by atoms with Crippen molar-refractivity contribution in [3.05, 3.63) is 29.8 Å². The molecule has 2 aliphatic rings. The van der Waals surface area contributed by atoms with Crippen molar-refractivity contribution in [1.29, 1.82) is 0 Å². The smallest absolute Gasteiger partial charge is 0.296 e. The van der Waals surface area contributed by atoms with Gasteiger partial charge in [0.2, 0.25) is 0 Å². The minimum atomic E-state index is -0.811. The normalized spacial score (nSPS) is 36.2. The predicted molar refractivity (Wildman–Crippen MR) is 42.6 cm³/mol. The zero-order valence-electron chi connectivity index (χ0n) is 6.49. The first-order valence-corrected chi connectivity index (χ1v) is 4.01. The van der Waals surface area contributed by atoms with E-state index in [1.54, 1.807) is 0 Å². The lowest BCUT2D eigenvalue weighted by Gasteiger charge is -2.17. The van der Waals surface area contributed by atoms with Crippen molar-refractivity contribution in [3.8, 4) is 5.75 Å². The molecule has 0 bridgehead atoms. The molecule has 62 valence electrons. The van der Waals surface area contributed by atoms with Crippen LogP contribution in [0.2, 0.25) is 0 Å². The van der Waals surface area contributed by atoms with Gasteiger partial charge in [-0.25, -0.2) is 0 Å². The molecule has 0 radical (unpaired) electrons. The van der Waals surface area contributed by atoms with Crippen LogP contribution in [0.4, 0.5) is 0 Å². The molecule has 1 aromatic rings. The molecule has 3 rings (SSSR count). The van der Waals surface area contributed by atoms with Crippen LogP contribution in [0.5, 0.6) is 5.75 Å². The van der Waals surface area contributed by atoms with Gasteiger partial charge >= 0.3 is 0 Å². The van der Waals surface area contributed by atoms with Gasteiger partial charge in [0.05, 0.1) is 0 Å². The number of para-hydroxylation sites is 1. The van der Waals surface area contributed by atoms with Gasteiger partial charge in [0, 0.05) is 6.42 Å². The number of hydrogen-bond donors (Lipinski definition) is 1. The Morgan fingerprint density at radius 2 is 2.25 bits per heavy atom. The van der Waals surface area contributed by atoms with E-state index in [-0.39, 0.29) is 6.10 Å². The van der Waals surface area contributed by atoms with Crippen LogP contribution in [-0.4, -0.2) is 12.0 Å². The highest BCUT2D eigenvalue weighted by Gasteiger charge is 2.59. The largest absolute Gasteiger partial charge is 0.446 e. The molecule has 1 saturated heterocycles. The van der Waals surface area contributed by atoms with Crippen LogP contribution in [0.25, 0.3) is 0 Å². The third-order valence-corrected chi connectivity index (χ3v) is 2.37. The molecule has 3 nitrogen and oxygen atoms in total.